The van der Waals surface area contributed by atoms with Crippen LogP contribution in [0.25, 0.3) is 0 Å². The van der Waals surface area contributed by atoms with Crippen LogP contribution in [0.4, 0.5) is 0 Å². The lowest BCUT2D eigenvalue weighted by Gasteiger charge is -1.92. The van der Waals surface area contributed by atoms with Crippen LogP contribution >= 0.6 is 0 Å². The highest BCUT2D eigenvalue weighted by Crippen LogP contribution is 2.28. The fourth-order valence-corrected chi connectivity index (χ4v) is 0.919. The monoisotopic (exact) mass is 124 g/mol. The molecule has 0 saturated carbocycles. The summed E-state index contributed by atoms with van der Waals surface area (Å²) in [5.74, 6) is 0. The van der Waals surface area contributed by atoms with E-state index in [9.17, 15) is 0 Å². The lowest BCUT2D eigenvalue weighted by Crippen LogP contribution is -1.95. The molecule has 0 aromatic carbocycles. The van der Waals surface area contributed by atoms with Gasteiger partial charge in [0.15, 0.2) is 0 Å². The second-order valence-corrected chi connectivity index (χ2v) is 2.20. The summed E-state index contributed by atoms with van der Waals surface area (Å²) in [6.07, 6.45) is 2.12. The van der Waals surface area contributed by atoms with Crippen molar-refractivity contribution >= 4 is 0 Å². The topological polar surface area (TPSA) is 30.4 Å². The highest BCUT2D eigenvalue weighted by molar-refractivity contribution is 5.08. The Bertz CT molecular complexity index is 215. The first-order chi connectivity index (χ1) is 4.38. The van der Waals surface area contributed by atoms with Gasteiger partial charge in [0.25, 0.3) is 0 Å². The maximum Gasteiger partial charge on any atom is 0.122 e. The number of nitrogens with zero attached hydrogens (tertiary/aromatic N) is 2. The molecule has 0 radical (unpaired) electrons. The molecular weight excluding hydrogens is 116 g/mol. The van der Waals surface area contributed by atoms with E-state index in [1.807, 2.05) is 17.8 Å². The molecule has 0 bridgehead atoms. The molecule has 1 aliphatic heterocycles. The zero-order valence-electron chi connectivity index (χ0n) is 5.24. The van der Waals surface area contributed by atoms with E-state index in [0.29, 0.717) is 6.10 Å². The van der Waals surface area contributed by atoms with Crippen molar-refractivity contribution in [2.24, 2.45) is 7.05 Å². The molecule has 2 rings (SSSR count). The molecule has 0 aliphatic carbocycles. The standard InChI is InChI=1S/C6H8N2O/c1-8-5(2-3-7-8)6-4-9-6/h2-3,6H,4H2,1H3/t6-/m1/s1. The minimum atomic E-state index is 0.331. The lowest BCUT2D eigenvalue weighted by molar-refractivity contribution is 0.404. The molecule has 0 amide bonds. The first-order valence-corrected chi connectivity index (χ1v) is 2.97. The molecule has 9 heavy (non-hydrogen) atoms. The second kappa shape index (κ2) is 1.57. The van der Waals surface area contributed by atoms with Gasteiger partial charge >= 0.3 is 0 Å². The minimum Gasteiger partial charge on any atom is -0.366 e. The van der Waals surface area contributed by atoms with Gasteiger partial charge in [0.1, 0.15) is 6.10 Å². The van der Waals surface area contributed by atoms with E-state index < -0.39 is 0 Å². The second-order valence-electron chi connectivity index (χ2n) is 2.20. The van der Waals surface area contributed by atoms with Crippen molar-refractivity contribution in [3.8, 4) is 0 Å². The van der Waals surface area contributed by atoms with Crippen LogP contribution in [0, 0.1) is 0 Å². The van der Waals surface area contributed by atoms with Crippen molar-refractivity contribution in [2.45, 2.75) is 6.10 Å². The zero-order valence-corrected chi connectivity index (χ0v) is 5.24. The maximum atomic E-state index is 5.07. The van der Waals surface area contributed by atoms with Crippen molar-refractivity contribution in [3.63, 3.8) is 0 Å². The molecule has 2 heterocycles. The van der Waals surface area contributed by atoms with Crippen LogP contribution in [0.1, 0.15) is 11.8 Å². The van der Waals surface area contributed by atoms with Gasteiger partial charge < -0.3 is 4.74 Å². The molecule has 1 aromatic heterocycles. The molecule has 1 fully saturated rings. The summed E-state index contributed by atoms with van der Waals surface area (Å²) in [4.78, 5) is 0. The van der Waals surface area contributed by atoms with Gasteiger partial charge in [-0.2, -0.15) is 5.10 Å². The Morgan fingerprint density at radius 3 is 3.11 bits per heavy atom. The van der Waals surface area contributed by atoms with Gasteiger partial charge in [0.05, 0.1) is 12.3 Å². The maximum absolute atomic E-state index is 5.07. The first-order valence-electron chi connectivity index (χ1n) is 2.97. The van der Waals surface area contributed by atoms with Crippen LogP contribution in [-0.2, 0) is 11.8 Å². The van der Waals surface area contributed by atoms with Gasteiger partial charge in [-0.15, -0.1) is 0 Å². The van der Waals surface area contributed by atoms with E-state index in [4.69, 9.17) is 4.74 Å². The van der Waals surface area contributed by atoms with Crippen LogP contribution in [0.2, 0.25) is 0 Å². The molecule has 3 nitrogen and oxygen atoms in total. The van der Waals surface area contributed by atoms with E-state index in [2.05, 4.69) is 5.10 Å². The largest absolute Gasteiger partial charge is 0.366 e. The highest BCUT2D eigenvalue weighted by Gasteiger charge is 2.27. The number of rotatable bonds is 1. The van der Waals surface area contributed by atoms with E-state index in [-0.39, 0.29) is 0 Å². The summed E-state index contributed by atoms with van der Waals surface area (Å²) in [5, 5.41) is 4.01. The molecule has 3 heteroatoms. The van der Waals surface area contributed by atoms with Crippen molar-refractivity contribution in [1.29, 1.82) is 0 Å². The average molecular weight is 124 g/mol. The lowest BCUT2D eigenvalue weighted by atomic mass is 10.3. The van der Waals surface area contributed by atoms with Crippen LogP contribution < -0.4 is 0 Å². The van der Waals surface area contributed by atoms with E-state index in [1.165, 1.54) is 5.69 Å². The van der Waals surface area contributed by atoms with Crippen LogP contribution in [-0.4, -0.2) is 16.4 Å². The Hall–Kier alpha value is -0.830. The Kier molecular flexibility index (Phi) is 0.873. The normalized spacial score (nSPS) is 24.3. The summed E-state index contributed by atoms with van der Waals surface area (Å²) in [5.41, 5.74) is 1.18. The third kappa shape index (κ3) is 0.733. The van der Waals surface area contributed by atoms with Gasteiger partial charge in [0, 0.05) is 13.2 Å². The Morgan fingerprint density at radius 2 is 2.67 bits per heavy atom. The van der Waals surface area contributed by atoms with Crippen molar-refractivity contribution in [2.75, 3.05) is 6.61 Å². The molecule has 1 atom stereocenters. The third-order valence-electron chi connectivity index (χ3n) is 1.52. The van der Waals surface area contributed by atoms with E-state index in [1.54, 1.807) is 6.20 Å². The zero-order chi connectivity index (χ0) is 6.27. The van der Waals surface area contributed by atoms with E-state index >= 15 is 0 Å². The molecule has 0 unspecified atom stereocenters. The first kappa shape index (κ1) is 4.99. The summed E-state index contributed by atoms with van der Waals surface area (Å²) >= 11 is 0. The van der Waals surface area contributed by atoms with Gasteiger partial charge in [-0.05, 0) is 6.07 Å². The molecule has 48 valence electrons. The molecule has 0 spiro atoms. The summed E-state index contributed by atoms with van der Waals surface area (Å²) < 4.78 is 6.92. The van der Waals surface area contributed by atoms with Gasteiger partial charge in [-0.3, -0.25) is 4.68 Å². The molecule has 1 aliphatic rings. The number of aromatic nitrogens is 2. The SMILES string of the molecule is Cn1nccc1[C@H]1CO1. The average Bonchev–Trinajstić information content (AvgIpc) is 2.58. The Balaban J connectivity index is 2.35. The summed E-state index contributed by atoms with van der Waals surface area (Å²) in [7, 11) is 1.93. The van der Waals surface area contributed by atoms with Crippen molar-refractivity contribution in [1.82, 2.24) is 9.78 Å². The number of ether oxygens (including phenoxy) is 1. The van der Waals surface area contributed by atoms with Crippen LogP contribution in [0.3, 0.4) is 0 Å². The summed E-state index contributed by atoms with van der Waals surface area (Å²) in [6, 6.07) is 1.98. The molecule has 1 saturated heterocycles. The van der Waals surface area contributed by atoms with Crippen molar-refractivity contribution < 1.29 is 4.74 Å². The minimum absolute atomic E-state index is 0.331. The van der Waals surface area contributed by atoms with Gasteiger partial charge in [-0.1, -0.05) is 0 Å². The number of hydrogen-bond acceptors (Lipinski definition) is 2. The predicted octanol–water partition coefficient (Wildman–Crippen LogP) is 0.491. The number of epoxide rings is 1. The number of hydrogen-bond donors (Lipinski definition) is 0. The van der Waals surface area contributed by atoms with Crippen LogP contribution in [0.5, 0.6) is 0 Å². The third-order valence-corrected chi connectivity index (χ3v) is 1.52. The van der Waals surface area contributed by atoms with Crippen LogP contribution in [0.15, 0.2) is 12.3 Å². The molecule has 0 N–H and O–H groups in total. The Morgan fingerprint density at radius 1 is 1.89 bits per heavy atom. The van der Waals surface area contributed by atoms with E-state index in [0.717, 1.165) is 6.61 Å². The molecule has 1 aromatic rings. The molecular formula is C6H8N2O. The Labute approximate surface area is 53.2 Å². The van der Waals surface area contributed by atoms with Gasteiger partial charge in [-0.25, -0.2) is 0 Å². The van der Waals surface area contributed by atoms with Gasteiger partial charge in [0.2, 0.25) is 0 Å². The predicted molar refractivity (Wildman–Crippen MR) is 31.9 cm³/mol. The van der Waals surface area contributed by atoms with Crippen molar-refractivity contribution in [3.05, 3.63) is 18.0 Å². The fraction of sp³-hybridized carbons (Fsp3) is 0.500. The highest BCUT2D eigenvalue weighted by atomic mass is 16.6. The quantitative estimate of drug-likeness (QED) is 0.510. The smallest absolute Gasteiger partial charge is 0.122 e. The number of aryl methyl sites for hydroxylation is 1. The fourth-order valence-electron chi connectivity index (χ4n) is 0.919. The summed E-state index contributed by atoms with van der Waals surface area (Å²) in [6.45, 7) is 0.861.